The largest absolute Gasteiger partial charge is 0.493 e. The van der Waals surface area contributed by atoms with Crippen LogP contribution < -0.4 is 24.6 Å². The fraction of sp³-hybridized carbons (Fsp3) is 0.125. The van der Waals surface area contributed by atoms with E-state index < -0.39 is 11.6 Å². The summed E-state index contributed by atoms with van der Waals surface area (Å²) in [7, 11) is 4.38. The molecule has 4 aromatic rings. The second kappa shape index (κ2) is 8.81. The number of hydrogen-bond donors (Lipinski definition) is 0. The van der Waals surface area contributed by atoms with Crippen LogP contribution in [0.2, 0.25) is 0 Å². The number of esters is 1. The second-order valence-electron chi connectivity index (χ2n) is 6.67. The van der Waals surface area contributed by atoms with Crippen LogP contribution in [-0.4, -0.2) is 32.3 Å². The van der Waals surface area contributed by atoms with Gasteiger partial charge in [-0.25, -0.2) is 9.59 Å². The minimum Gasteiger partial charge on any atom is -0.493 e. The zero-order chi connectivity index (χ0) is 22.7. The molecule has 4 rings (SSSR count). The molecule has 8 nitrogen and oxygen atoms in total. The number of rotatable bonds is 6. The molecule has 2 aromatic heterocycles. The summed E-state index contributed by atoms with van der Waals surface area (Å²) in [6.45, 7) is 0. The Labute approximate surface area is 182 Å². The van der Waals surface area contributed by atoms with Gasteiger partial charge >= 0.3 is 11.6 Å². The van der Waals surface area contributed by atoms with Gasteiger partial charge in [0.15, 0.2) is 11.5 Å². The lowest BCUT2D eigenvalue weighted by atomic mass is 10.1. The highest BCUT2D eigenvalue weighted by atomic mass is 16.5. The molecule has 0 atom stereocenters. The Balaban J connectivity index is 1.65. The summed E-state index contributed by atoms with van der Waals surface area (Å²) in [6, 6.07) is 14.7. The van der Waals surface area contributed by atoms with Gasteiger partial charge in [0.1, 0.15) is 11.3 Å². The molecule has 0 N–H and O–H groups in total. The van der Waals surface area contributed by atoms with Gasteiger partial charge in [-0.2, -0.15) is 0 Å². The van der Waals surface area contributed by atoms with Crippen molar-refractivity contribution in [3.63, 3.8) is 0 Å². The summed E-state index contributed by atoms with van der Waals surface area (Å²) in [4.78, 5) is 29.3. The Hall–Kier alpha value is -4.33. The lowest BCUT2D eigenvalue weighted by Crippen LogP contribution is -2.10. The van der Waals surface area contributed by atoms with Crippen LogP contribution in [0, 0.1) is 0 Å². The molecule has 0 saturated carbocycles. The van der Waals surface area contributed by atoms with Gasteiger partial charge < -0.3 is 23.4 Å². The molecule has 0 bridgehead atoms. The average molecular weight is 433 g/mol. The molecule has 0 aliphatic rings. The van der Waals surface area contributed by atoms with Crippen molar-refractivity contribution in [2.45, 2.75) is 0 Å². The number of benzene rings is 2. The number of carbonyl (C=O) groups excluding carboxylic acids is 1. The minimum absolute atomic E-state index is 0.201. The normalized spacial score (nSPS) is 10.6. The zero-order valence-electron chi connectivity index (χ0n) is 17.6. The highest BCUT2D eigenvalue weighted by Gasteiger charge is 2.19. The molecule has 0 aliphatic heterocycles. The third-order valence-electron chi connectivity index (χ3n) is 4.76. The third kappa shape index (κ3) is 3.98. The monoisotopic (exact) mass is 433 g/mol. The van der Waals surface area contributed by atoms with Crippen LogP contribution in [0.25, 0.3) is 22.2 Å². The van der Waals surface area contributed by atoms with Crippen LogP contribution in [0.15, 0.2) is 70.0 Å². The van der Waals surface area contributed by atoms with Crippen molar-refractivity contribution in [3.8, 4) is 34.3 Å². The van der Waals surface area contributed by atoms with Crippen molar-refractivity contribution >= 4 is 16.9 Å². The van der Waals surface area contributed by atoms with Crippen LogP contribution in [0.5, 0.6) is 23.0 Å². The predicted octanol–water partition coefficient (Wildman–Crippen LogP) is 4.10. The molecular formula is C24H19NO7. The minimum atomic E-state index is -0.643. The Bertz CT molecular complexity index is 1320. The predicted molar refractivity (Wildman–Crippen MR) is 117 cm³/mol. The van der Waals surface area contributed by atoms with E-state index in [1.54, 1.807) is 42.6 Å². The van der Waals surface area contributed by atoms with E-state index in [2.05, 4.69) is 4.98 Å². The van der Waals surface area contributed by atoms with Crippen molar-refractivity contribution in [1.29, 1.82) is 0 Å². The van der Waals surface area contributed by atoms with Gasteiger partial charge in [-0.05, 0) is 42.5 Å². The molecule has 0 saturated heterocycles. The van der Waals surface area contributed by atoms with Gasteiger partial charge in [0.05, 0.1) is 38.2 Å². The van der Waals surface area contributed by atoms with Gasteiger partial charge in [-0.15, -0.1) is 0 Å². The van der Waals surface area contributed by atoms with Gasteiger partial charge in [0.25, 0.3) is 0 Å². The maximum atomic E-state index is 12.7. The quantitative estimate of drug-likeness (QED) is 0.255. The van der Waals surface area contributed by atoms with Crippen molar-refractivity contribution in [2.75, 3.05) is 21.3 Å². The van der Waals surface area contributed by atoms with Gasteiger partial charge in [0, 0.05) is 17.6 Å². The van der Waals surface area contributed by atoms with Crippen LogP contribution in [0.1, 0.15) is 10.4 Å². The van der Waals surface area contributed by atoms with Crippen LogP contribution >= 0.6 is 0 Å². The maximum absolute atomic E-state index is 12.7. The maximum Gasteiger partial charge on any atom is 0.345 e. The number of ether oxygens (including phenoxy) is 4. The number of methoxy groups -OCH3 is 3. The molecule has 32 heavy (non-hydrogen) atoms. The van der Waals surface area contributed by atoms with E-state index in [0.29, 0.717) is 33.9 Å². The first-order valence-electron chi connectivity index (χ1n) is 9.55. The molecule has 0 unspecified atom stereocenters. The molecule has 2 heterocycles. The molecule has 0 amide bonds. The van der Waals surface area contributed by atoms with Crippen LogP contribution in [0.3, 0.4) is 0 Å². The highest BCUT2D eigenvalue weighted by molar-refractivity contribution is 5.93. The third-order valence-corrected chi connectivity index (χ3v) is 4.76. The Morgan fingerprint density at radius 2 is 1.66 bits per heavy atom. The molecule has 0 spiro atoms. The highest BCUT2D eigenvalue weighted by Crippen LogP contribution is 2.38. The summed E-state index contributed by atoms with van der Waals surface area (Å²) < 4.78 is 26.7. The van der Waals surface area contributed by atoms with Crippen LogP contribution in [-0.2, 0) is 0 Å². The molecule has 2 aromatic carbocycles. The van der Waals surface area contributed by atoms with E-state index >= 15 is 0 Å². The second-order valence-corrected chi connectivity index (χ2v) is 6.67. The SMILES string of the molecule is COc1cc(C(=O)Oc2ccc3cc(-c4ccccn4)c(=O)oc3c2)cc(OC)c1OC. The van der Waals surface area contributed by atoms with E-state index in [9.17, 15) is 9.59 Å². The van der Waals surface area contributed by atoms with E-state index in [4.69, 9.17) is 23.4 Å². The van der Waals surface area contributed by atoms with E-state index in [-0.39, 0.29) is 16.9 Å². The Morgan fingerprint density at radius 3 is 2.28 bits per heavy atom. The number of carbonyl (C=O) groups is 1. The van der Waals surface area contributed by atoms with Crippen molar-refractivity contribution in [1.82, 2.24) is 4.98 Å². The number of nitrogens with zero attached hydrogens (tertiary/aromatic N) is 1. The molecule has 0 aliphatic carbocycles. The molecule has 0 radical (unpaired) electrons. The van der Waals surface area contributed by atoms with E-state index in [1.165, 1.54) is 39.5 Å². The number of fused-ring (bicyclic) bond motifs is 1. The first-order chi connectivity index (χ1) is 15.5. The smallest absolute Gasteiger partial charge is 0.345 e. The van der Waals surface area contributed by atoms with Gasteiger partial charge in [-0.1, -0.05) is 6.07 Å². The summed E-state index contributed by atoms with van der Waals surface area (Å²) >= 11 is 0. The first-order valence-corrected chi connectivity index (χ1v) is 9.55. The van der Waals surface area contributed by atoms with Gasteiger partial charge in [0.2, 0.25) is 5.75 Å². The molecule has 162 valence electrons. The fourth-order valence-electron chi connectivity index (χ4n) is 3.22. The first kappa shape index (κ1) is 20.9. The Kier molecular flexibility index (Phi) is 5.76. The summed E-state index contributed by atoms with van der Waals surface area (Å²) in [6.07, 6.45) is 1.60. The van der Waals surface area contributed by atoms with Crippen LogP contribution in [0.4, 0.5) is 0 Å². The number of aromatic nitrogens is 1. The average Bonchev–Trinajstić information content (AvgIpc) is 2.83. The van der Waals surface area contributed by atoms with E-state index in [0.717, 1.165) is 0 Å². The lowest BCUT2D eigenvalue weighted by Gasteiger charge is -2.13. The lowest BCUT2D eigenvalue weighted by molar-refractivity contribution is 0.0734. The summed E-state index contributed by atoms with van der Waals surface area (Å²) in [5.74, 6) is 0.583. The zero-order valence-corrected chi connectivity index (χ0v) is 17.6. The van der Waals surface area contributed by atoms with Gasteiger partial charge in [-0.3, -0.25) is 4.98 Å². The fourth-order valence-corrected chi connectivity index (χ4v) is 3.22. The van der Waals surface area contributed by atoms with Crippen molar-refractivity contribution in [3.05, 3.63) is 76.8 Å². The summed E-state index contributed by atoms with van der Waals surface area (Å²) in [5.41, 5.74) is 0.807. The molecular weight excluding hydrogens is 414 g/mol. The molecule has 0 fully saturated rings. The number of pyridine rings is 1. The molecule has 8 heteroatoms. The topological polar surface area (TPSA) is 97.1 Å². The number of hydrogen-bond acceptors (Lipinski definition) is 8. The summed E-state index contributed by atoms with van der Waals surface area (Å²) in [5, 5.41) is 0.665. The van der Waals surface area contributed by atoms with Crippen molar-refractivity contribution in [2.24, 2.45) is 0 Å². The van der Waals surface area contributed by atoms with E-state index in [1.807, 2.05) is 0 Å². The standard InChI is InChI=1S/C24H19NO7/c1-28-20-11-15(12-21(29-2)22(20)30-3)23(26)31-16-8-7-14-10-17(18-6-4-5-9-25-18)24(27)32-19(14)13-16/h4-13H,1-3H3. The Morgan fingerprint density at radius 1 is 0.906 bits per heavy atom. The van der Waals surface area contributed by atoms with Crippen molar-refractivity contribution < 1.29 is 28.2 Å².